The Hall–Kier alpha value is -1.64. The Bertz CT molecular complexity index is 669. The lowest BCUT2D eigenvalue weighted by atomic mass is 10.1. The molecule has 0 aromatic carbocycles. The number of aryl methyl sites for hydroxylation is 1. The topological polar surface area (TPSA) is 73.7 Å². The average molecular weight is 397 g/mol. The fraction of sp³-hybridized carbons (Fsp3) is 0.722. The van der Waals surface area contributed by atoms with Crippen LogP contribution < -0.4 is 5.32 Å². The van der Waals surface area contributed by atoms with Gasteiger partial charge < -0.3 is 19.7 Å². The molecular formula is C18H29ClN6O2. The van der Waals surface area contributed by atoms with Crippen LogP contribution in [0.2, 0.25) is 0 Å². The summed E-state index contributed by atoms with van der Waals surface area (Å²) in [4.78, 5) is 35.5. The van der Waals surface area contributed by atoms with Crippen molar-refractivity contribution in [2.75, 3.05) is 52.4 Å². The molecule has 4 rings (SSSR count). The summed E-state index contributed by atoms with van der Waals surface area (Å²) >= 11 is 0. The fourth-order valence-electron chi connectivity index (χ4n) is 3.93. The molecule has 0 radical (unpaired) electrons. The smallest absolute Gasteiger partial charge is 0.236 e. The molecule has 1 atom stereocenters. The molecule has 3 fully saturated rings. The predicted molar refractivity (Wildman–Crippen MR) is 104 cm³/mol. The molecule has 1 aromatic heterocycles. The molecule has 0 bridgehead atoms. The van der Waals surface area contributed by atoms with Gasteiger partial charge in [-0.15, -0.1) is 12.4 Å². The zero-order chi connectivity index (χ0) is 18.1. The first kappa shape index (κ1) is 20.1. The Kier molecular flexibility index (Phi) is 6.39. The third-order valence-electron chi connectivity index (χ3n) is 5.72. The maximum atomic E-state index is 12.8. The Balaban J connectivity index is 0.00000210. The number of hydrogen-bond donors (Lipinski definition) is 1. The highest BCUT2D eigenvalue weighted by Crippen LogP contribution is 2.31. The highest BCUT2D eigenvalue weighted by molar-refractivity contribution is 5.85. The number of piperazine rings is 2. The first-order valence-corrected chi connectivity index (χ1v) is 9.62. The van der Waals surface area contributed by atoms with E-state index in [1.54, 1.807) is 6.20 Å². The van der Waals surface area contributed by atoms with E-state index in [0.29, 0.717) is 32.7 Å². The number of nitrogens with zero attached hydrogens (tertiary/aromatic N) is 5. The standard InChI is InChI=1S/C18H28N6O2.ClH/c1-21-6-5-20-17(21)15-12-19-4-7-24(15)13-16(25)22-8-10-23(11-9-22)18(26)14-2-3-14;/h5-6,14-15,19H,2-4,7-13H2,1H3;1H. The number of carbonyl (C=O) groups excluding carboxylic acids is 2. The highest BCUT2D eigenvalue weighted by atomic mass is 35.5. The molecular weight excluding hydrogens is 368 g/mol. The Morgan fingerprint density at radius 2 is 1.85 bits per heavy atom. The first-order valence-electron chi connectivity index (χ1n) is 9.62. The van der Waals surface area contributed by atoms with Crippen molar-refractivity contribution >= 4 is 24.2 Å². The fourth-order valence-corrected chi connectivity index (χ4v) is 3.93. The SMILES string of the molecule is Cl.Cn1ccnc1C1CNCCN1CC(=O)N1CCN(C(=O)C2CC2)CC1. The maximum absolute atomic E-state index is 12.8. The van der Waals surface area contributed by atoms with Crippen LogP contribution in [0.4, 0.5) is 0 Å². The van der Waals surface area contributed by atoms with Gasteiger partial charge in [0.1, 0.15) is 5.82 Å². The van der Waals surface area contributed by atoms with Gasteiger partial charge >= 0.3 is 0 Å². The van der Waals surface area contributed by atoms with Crippen LogP contribution in [0.25, 0.3) is 0 Å². The van der Waals surface area contributed by atoms with Crippen LogP contribution in [-0.4, -0.2) is 88.4 Å². The van der Waals surface area contributed by atoms with Crippen LogP contribution in [0, 0.1) is 5.92 Å². The molecule has 1 aromatic rings. The van der Waals surface area contributed by atoms with Crippen molar-refractivity contribution in [3.05, 3.63) is 18.2 Å². The van der Waals surface area contributed by atoms with Crippen molar-refractivity contribution in [1.29, 1.82) is 0 Å². The van der Waals surface area contributed by atoms with Crippen molar-refractivity contribution in [2.45, 2.75) is 18.9 Å². The second-order valence-corrected chi connectivity index (χ2v) is 7.57. The number of halogens is 1. The van der Waals surface area contributed by atoms with Gasteiger partial charge in [0.2, 0.25) is 11.8 Å². The number of nitrogens with one attached hydrogen (secondary N) is 1. The van der Waals surface area contributed by atoms with Crippen molar-refractivity contribution in [3.63, 3.8) is 0 Å². The van der Waals surface area contributed by atoms with Crippen LogP contribution in [0.1, 0.15) is 24.7 Å². The Morgan fingerprint density at radius 1 is 1.15 bits per heavy atom. The van der Waals surface area contributed by atoms with Crippen LogP contribution in [0.3, 0.4) is 0 Å². The van der Waals surface area contributed by atoms with Crippen LogP contribution >= 0.6 is 12.4 Å². The lowest BCUT2D eigenvalue weighted by molar-refractivity contribution is -0.141. The molecule has 8 nitrogen and oxygen atoms in total. The number of rotatable bonds is 4. The van der Waals surface area contributed by atoms with Crippen molar-refractivity contribution in [2.24, 2.45) is 13.0 Å². The minimum absolute atomic E-state index is 0. The summed E-state index contributed by atoms with van der Waals surface area (Å²) in [6, 6.07) is 0.116. The van der Waals surface area contributed by atoms with E-state index in [4.69, 9.17) is 0 Å². The van der Waals surface area contributed by atoms with E-state index in [1.807, 2.05) is 27.6 Å². The van der Waals surface area contributed by atoms with Gasteiger partial charge in [0.05, 0.1) is 12.6 Å². The van der Waals surface area contributed by atoms with Gasteiger partial charge in [0, 0.05) is 71.2 Å². The molecule has 1 N–H and O–H groups in total. The van der Waals surface area contributed by atoms with E-state index in [-0.39, 0.29) is 36.2 Å². The minimum Gasteiger partial charge on any atom is -0.339 e. The molecule has 3 aliphatic rings. The summed E-state index contributed by atoms with van der Waals surface area (Å²) in [6.07, 6.45) is 5.82. The van der Waals surface area contributed by atoms with Gasteiger partial charge in [0.25, 0.3) is 0 Å². The second kappa shape index (κ2) is 8.58. The van der Waals surface area contributed by atoms with Crippen molar-refractivity contribution < 1.29 is 9.59 Å². The lowest BCUT2D eigenvalue weighted by Crippen LogP contribution is -2.55. The number of carbonyl (C=O) groups is 2. The molecule has 1 aliphatic carbocycles. The highest BCUT2D eigenvalue weighted by Gasteiger charge is 2.36. The molecule has 3 heterocycles. The van der Waals surface area contributed by atoms with E-state index < -0.39 is 0 Å². The maximum Gasteiger partial charge on any atom is 0.236 e. The quantitative estimate of drug-likeness (QED) is 0.767. The number of aromatic nitrogens is 2. The normalized spacial score (nSPS) is 23.8. The predicted octanol–water partition coefficient (Wildman–Crippen LogP) is -0.131. The van der Waals surface area contributed by atoms with Gasteiger partial charge in [-0.3, -0.25) is 14.5 Å². The summed E-state index contributed by atoms with van der Waals surface area (Å²) < 4.78 is 2.03. The number of hydrogen-bond acceptors (Lipinski definition) is 5. The van der Waals surface area contributed by atoms with E-state index in [2.05, 4.69) is 15.2 Å². The minimum atomic E-state index is 0. The molecule has 2 saturated heterocycles. The van der Waals surface area contributed by atoms with Crippen LogP contribution in [-0.2, 0) is 16.6 Å². The summed E-state index contributed by atoms with van der Waals surface area (Å²) in [5.74, 6) is 1.69. The molecule has 150 valence electrons. The summed E-state index contributed by atoms with van der Waals surface area (Å²) in [7, 11) is 1.99. The van der Waals surface area contributed by atoms with Crippen LogP contribution in [0.5, 0.6) is 0 Å². The van der Waals surface area contributed by atoms with Crippen LogP contribution in [0.15, 0.2) is 12.4 Å². The molecule has 1 unspecified atom stereocenters. The molecule has 27 heavy (non-hydrogen) atoms. The summed E-state index contributed by atoms with van der Waals surface area (Å²) in [5.41, 5.74) is 0. The molecule has 9 heteroatoms. The average Bonchev–Trinajstić information content (AvgIpc) is 3.43. The van der Waals surface area contributed by atoms with Gasteiger partial charge in [-0.25, -0.2) is 4.98 Å². The van der Waals surface area contributed by atoms with E-state index in [0.717, 1.165) is 38.3 Å². The monoisotopic (exact) mass is 396 g/mol. The largest absolute Gasteiger partial charge is 0.339 e. The molecule has 2 amide bonds. The zero-order valence-corrected chi connectivity index (χ0v) is 16.7. The third-order valence-corrected chi connectivity index (χ3v) is 5.72. The lowest BCUT2D eigenvalue weighted by Gasteiger charge is -2.39. The molecule has 2 aliphatic heterocycles. The second-order valence-electron chi connectivity index (χ2n) is 7.57. The number of imidazole rings is 1. The van der Waals surface area contributed by atoms with Crippen molar-refractivity contribution in [3.8, 4) is 0 Å². The van der Waals surface area contributed by atoms with Gasteiger partial charge in [-0.1, -0.05) is 0 Å². The van der Waals surface area contributed by atoms with Crippen molar-refractivity contribution in [1.82, 2.24) is 29.6 Å². The molecule has 1 saturated carbocycles. The first-order chi connectivity index (χ1) is 12.6. The number of amides is 2. The van der Waals surface area contributed by atoms with E-state index in [9.17, 15) is 9.59 Å². The van der Waals surface area contributed by atoms with E-state index in [1.165, 1.54) is 0 Å². The Morgan fingerprint density at radius 3 is 2.48 bits per heavy atom. The van der Waals surface area contributed by atoms with Gasteiger partial charge in [-0.2, -0.15) is 0 Å². The van der Waals surface area contributed by atoms with Gasteiger partial charge in [-0.05, 0) is 12.8 Å². The zero-order valence-electron chi connectivity index (χ0n) is 15.8. The van der Waals surface area contributed by atoms with Gasteiger partial charge in [0.15, 0.2) is 0 Å². The van der Waals surface area contributed by atoms with E-state index >= 15 is 0 Å². The Labute approximate surface area is 166 Å². The third kappa shape index (κ3) is 4.44. The summed E-state index contributed by atoms with van der Waals surface area (Å²) in [5, 5.41) is 3.40. The molecule has 0 spiro atoms. The summed E-state index contributed by atoms with van der Waals surface area (Å²) in [6.45, 7) is 5.59.